The average Bonchev–Trinajstić information content (AvgIpc) is 2.60. The van der Waals surface area contributed by atoms with Gasteiger partial charge in [-0.05, 0) is 50.2 Å². The normalized spacial score (nSPS) is 10.7. The smallest absolute Gasteiger partial charge is 0.229 e. The van der Waals surface area contributed by atoms with Gasteiger partial charge in [-0.3, -0.25) is 0 Å². The van der Waals surface area contributed by atoms with Gasteiger partial charge in [0.25, 0.3) is 0 Å². The van der Waals surface area contributed by atoms with E-state index < -0.39 is 0 Å². The quantitative estimate of drug-likeness (QED) is 0.537. The molecule has 1 heterocycles. The van der Waals surface area contributed by atoms with E-state index in [1.165, 1.54) is 0 Å². The van der Waals surface area contributed by atoms with Gasteiger partial charge < -0.3 is 15.4 Å². The van der Waals surface area contributed by atoms with Crippen LogP contribution in [0.5, 0.6) is 5.75 Å². The van der Waals surface area contributed by atoms with Crippen LogP contribution in [0.15, 0.2) is 54.7 Å². The molecule has 3 rings (SSSR count). The topological polar surface area (TPSA) is 59.1 Å². The Morgan fingerprint density at radius 1 is 0.962 bits per heavy atom. The lowest BCUT2D eigenvalue weighted by Gasteiger charge is -2.15. The molecule has 2 aromatic carbocycles. The zero-order chi connectivity index (χ0) is 18.5. The van der Waals surface area contributed by atoms with Gasteiger partial charge in [-0.15, -0.1) is 0 Å². The number of nitrogens with zero attached hydrogens (tertiary/aromatic N) is 2. The summed E-state index contributed by atoms with van der Waals surface area (Å²) in [7, 11) is 0. The number of para-hydroxylation sites is 2. The molecule has 0 bridgehead atoms. The van der Waals surface area contributed by atoms with Crippen LogP contribution in [-0.2, 0) is 0 Å². The number of halogens is 2. The van der Waals surface area contributed by atoms with Crippen molar-refractivity contribution in [1.82, 2.24) is 9.97 Å². The lowest BCUT2D eigenvalue weighted by atomic mass is 10.3. The van der Waals surface area contributed by atoms with Gasteiger partial charge in [-0.2, -0.15) is 4.98 Å². The molecular weight excluding hydrogens is 371 g/mol. The van der Waals surface area contributed by atoms with Crippen molar-refractivity contribution in [1.29, 1.82) is 0 Å². The third-order valence-electron chi connectivity index (χ3n) is 3.34. The fourth-order valence-corrected chi connectivity index (χ4v) is 2.60. The Morgan fingerprint density at radius 3 is 2.58 bits per heavy atom. The first-order chi connectivity index (χ1) is 12.5. The first-order valence-corrected chi connectivity index (χ1v) is 8.84. The lowest BCUT2D eigenvalue weighted by molar-refractivity contribution is 0.244. The van der Waals surface area contributed by atoms with Crippen LogP contribution in [0.25, 0.3) is 0 Å². The maximum Gasteiger partial charge on any atom is 0.229 e. The van der Waals surface area contributed by atoms with Crippen molar-refractivity contribution >= 4 is 46.3 Å². The summed E-state index contributed by atoms with van der Waals surface area (Å²) in [5, 5.41) is 7.44. The van der Waals surface area contributed by atoms with Crippen molar-refractivity contribution in [2.75, 3.05) is 10.6 Å². The summed E-state index contributed by atoms with van der Waals surface area (Å²) in [6.07, 6.45) is 1.73. The maximum absolute atomic E-state index is 6.18. The predicted octanol–water partition coefficient (Wildman–Crippen LogP) is 6.06. The zero-order valence-electron chi connectivity index (χ0n) is 14.3. The van der Waals surface area contributed by atoms with E-state index in [1.54, 1.807) is 30.5 Å². The molecule has 0 atom stereocenters. The number of nitrogens with one attached hydrogen (secondary N) is 2. The van der Waals surface area contributed by atoms with E-state index in [0.29, 0.717) is 27.5 Å². The highest BCUT2D eigenvalue weighted by Gasteiger charge is 2.08. The van der Waals surface area contributed by atoms with Crippen LogP contribution in [0.1, 0.15) is 13.8 Å². The van der Waals surface area contributed by atoms with Crippen LogP contribution < -0.4 is 15.4 Å². The molecule has 0 unspecified atom stereocenters. The van der Waals surface area contributed by atoms with Crippen LogP contribution in [0, 0.1) is 0 Å². The molecule has 0 aliphatic heterocycles. The van der Waals surface area contributed by atoms with Gasteiger partial charge in [0.2, 0.25) is 5.95 Å². The minimum atomic E-state index is 0.0746. The van der Waals surface area contributed by atoms with E-state index in [4.69, 9.17) is 27.9 Å². The number of aromatic nitrogens is 2. The molecule has 0 saturated carbocycles. The van der Waals surface area contributed by atoms with Gasteiger partial charge in [0.15, 0.2) is 0 Å². The van der Waals surface area contributed by atoms with Crippen molar-refractivity contribution in [3.63, 3.8) is 0 Å². The van der Waals surface area contributed by atoms with E-state index in [1.807, 2.05) is 38.1 Å². The summed E-state index contributed by atoms with van der Waals surface area (Å²) in [5.74, 6) is 1.79. The summed E-state index contributed by atoms with van der Waals surface area (Å²) in [6, 6.07) is 14.6. The Labute approximate surface area is 162 Å². The molecule has 0 spiro atoms. The third kappa shape index (κ3) is 4.77. The number of anilines is 4. The number of rotatable bonds is 6. The average molecular weight is 389 g/mol. The molecule has 0 saturated heterocycles. The van der Waals surface area contributed by atoms with Crippen LogP contribution in [0.3, 0.4) is 0 Å². The van der Waals surface area contributed by atoms with Crippen LogP contribution in [0.2, 0.25) is 10.0 Å². The fourth-order valence-electron chi connectivity index (χ4n) is 2.27. The summed E-state index contributed by atoms with van der Waals surface area (Å²) in [4.78, 5) is 8.69. The van der Waals surface area contributed by atoms with Gasteiger partial charge in [0.1, 0.15) is 11.6 Å². The van der Waals surface area contributed by atoms with E-state index in [0.717, 1.165) is 11.4 Å². The van der Waals surface area contributed by atoms with Gasteiger partial charge in [-0.1, -0.05) is 35.3 Å². The van der Waals surface area contributed by atoms with Crippen LogP contribution in [0.4, 0.5) is 23.1 Å². The Balaban J connectivity index is 1.81. The van der Waals surface area contributed by atoms with Crippen molar-refractivity contribution in [3.8, 4) is 5.75 Å². The standard InChI is InChI=1S/C19H18Cl2N4O/c1-12(2)26-17-6-4-3-5-15(17)23-18-9-10-22-19(25-18)24-16-11-13(20)7-8-14(16)21/h3-12H,1-2H3,(H2,22,23,24,25). The molecule has 0 amide bonds. The largest absolute Gasteiger partial charge is 0.489 e. The molecule has 3 aromatic rings. The van der Waals surface area contributed by atoms with Crippen LogP contribution >= 0.6 is 23.2 Å². The summed E-state index contributed by atoms with van der Waals surface area (Å²) in [5.41, 5.74) is 1.46. The second-order valence-corrected chi connectivity index (χ2v) is 6.65. The van der Waals surface area contributed by atoms with Gasteiger partial charge in [0, 0.05) is 11.2 Å². The first kappa shape index (κ1) is 18.3. The number of ether oxygens (including phenoxy) is 1. The summed E-state index contributed by atoms with van der Waals surface area (Å²) in [6.45, 7) is 3.97. The second-order valence-electron chi connectivity index (χ2n) is 5.80. The number of hydrogen-bond donors (Lipinski definition) is 2. The fraction of sp³-hybridized carbons (Fsp3) is 0.158. The summed E-state index contributed by atoms with van der Waals surface area (Å²) < 4.78 is 5.82. The molecule has 5 nitrogen and oxygen atoms in total. The Bertz CT molecular complexity index is 902. The highest BCUT2D eigenvalue weighted by atomic mass is 35.5. The molecule has 0 aliphatic carbocycles. The van der Waals surface area contributed by atoms with Gasteiger partial charge >= 0.3 is 0 Å². The Hall–Kier alpha value is -2.50. The monoisotopic (exact) mass is 388 g/mol. The van der Waals surface area contributed by atoms with Gasteiger partial charge in [0.05, 0.1) is 22.5 Å². The molecule has 134 valence electrons. The van der Waals surface area contributed by atoms with E-state index in [-0.39, 0.29) is 6.10 Å². The molecule has 0 radical (unpaired) electrons. The van der Waals surface area contributed by atoms with E-state index >= 15 is 0 Å². The number of hydrogen-bond acceptors (Lipinski definition) is 5. The minimum absolute atomic E-state index is 0.0746. The molecule has 0 aliphatic rings. The van der Waals surface area contributed by atoms with Crippen molar-refractivity contribution in [3.05, 3.63) is 64.8 Å². The molecule has 7 heteroatoms. The van der Waals surface area contributed by atoms with Crippen LogP contribution in [-0.4, -0.2) is 16.1 Å². The predicted molar refractivity (Wildman–Crippen MR) is 107 cm³/mol. The molecule has 0 fully saturated rings. The zero-order valence-corrected chi connectivity index (χ0v) is 15.8. The van der Waals surface area contributed by atoms with Crippen molar-refractivity contribution in [2.45, 2.75) is 20.0 Å². The Morgan fingerprint density at radius 2 is 1.77 bits per heavy atom. The summed E-state index contributed by atoms with van der Waals surface area (Å²) >= 11 is 12.2. The van der Waals surface area contributed by atoms with E-state index in [2.05, 4.69) is 20.6 Å². The van der Waals surface area contributed by atoms with E-state index in [9.17, 15) is 0 Å². The molecule has 26 heavy (non-hydrogen) atoms. The first-order valence-electron chi connectivity index (χ1n) is 8.09. The van der Waals surface area contributed by atoms with Crippen molar-refractivity contribution < 1.29 is 4.74 Å². The molecular formula is C19H18Cl2N4O. The lowest BCUT2D eigenvalue weighted by Crippen LogP contribution is -2.08. The highest BCUT2D eigenvalue weighted by Crippen LogP contribution is 2.29. The molecule has 1 aromatic heterocycles. The minimum Gasteiger partial charge on any atom is -0.489 e. The second kappa shape index (κ2) is 8.25. The van der Waals surface area contributed by atoms with Gasteiger partial charge in [-0.25, -0.2) is 4.98 Å². The Kier molecular flexibility index (Phi) is 5.81. The SMILES string of the molecule is CC(C)Oc1ccccc1Nc1ccnc(Nc2cc(Cl)ccc2Cl)n1. The highest BCUT2D eigenvalue weighted by molar-refractivity contribution is 6.35. The number of benzene rings is 2. The maximum atomic E-state index is 6.18. The third-order valence-corrected chi connectivity index (χ3v) is 3.91. The molecule has 2 N–H and O–H groups in total. The van der Waals surface area contributed by atoms with Crippen molar-refractivity contribution in [2.24, 2.45) is 0 Å².